The van der Waals surface area contributed by atoms with Gasteiger partial charge < -0.3 is 10.1 Å². The highest BCUT2D eigenvalue weighted by Crippen LogP contribution is 2.18. The fourth-order valence-electron chi connectivity index (χ4n) is 1.98. The third-order valence-electron chi connectivity index (χ3n) is 3.31. The summed E-state index contributed by atoms with van der Waals surface area (Å²) in [7, 11) is -3.80. The van der Waals surface area contributed by atoms with E-state index in [1.165, 1.54) is 36.4 Å². The van der Waals surface area contributed by atoms with Gasteiger partial charge in [0.05, 0.1) is 17.0 Å². The molecule has 0 spiro atoms. The maximum absolute atomic E-state index is 13.6. The monoisotopic (exact) mass is 448 g/mol. The van der Waals surface area contributed by atoms with Crippen molar-refractivity contribution in [3.05, 3.63) is 58.3 Å². The fraction of sp³-hybridized carbons (Fsp3) is 0.176. The summed E-state index contributed by atoms with van der Waals surface area (Å²) >= 11 is 11.3. The van der Waals surface area contributed by atoms with Crippen molar-refractivity contribution in [1.29, 1.82) is 0 Å². The van der Waals surface area contributed by atoms with Crippen LogP contribution >= 0.6 is 23.2 Å². The molecular weight excluding hydrogens is 434 g/mol. The molecule has 0 unspecified atom stereocenters. The number of sulfonamides is 1. The quantitative estimate of drug-likeness (QED) is 0.604. The minimum Gasteiger partial charge on any atom is -0.456 e. The minimum atomic E-state index is -3.80. The normalized spacial score (nSPS) is 11.1. The number of carbonyl (C=O) groups excluding carboxylic acids is 2. The van der Waals surface area contributed by atoms with Crippen LogP contribution in [0.5, 0.6) is 0 Å². The van der Waals surface area contributed by atoms with Crippen LogP contribution < -0.4 is 10.0 Å². The molecule has 0 bridgehead atoms. The van der Waals surface area contributed by atoms with Crippen molar-refractivity contribution in [2.24, 2.45) is 0 Å². The summed E-state index contributed by atoms with van der Waals surface area (Å²) in [4.78, 5) is 23.3. The zero-order valence-electron chi connectivity index (χ0n) is 14.2. The summed E-state index contributed by atoms with van der Waals surface area (Å²) in [5, 5.41) is 2.78. The molecule has 0 aliphatic rings. The smallest absolute Gasteiger partial charge is 0.307 e. The number of benzene rings is 2. The molecule has 0 saturated carbocycles. The lowest BCUT2D eigenvalue weighted by atomic mass is 10.3. The lowest BCUT2D eigenvalue weighted by Crippen LogP contribution is -2.28. The van der Waals surface area contributed by atoms with Gasteiger partial charge in [-0.15, -0.1) is 0 Å². The third-order valence-corrected chi connectivity index (χ3v) is 5.28. The second-order valence-corrected chi connectivity index (χ2v) is 8.07. The van der Waals surface area contributed by atoms with Gasteiger partial charge in [0.25, 0.3) is 5.91 Å². The molecule has 0 radical (unpaired) electrons. The van der Waals surface area contributed by atoms with E-state index in [4.69, 9.17) is 27.9 Å². The molecule has 2 rings (SSSR count). The van der Waals surface area contributed by atoms with E-state index in [9.17, 15) is 22.4 Å². The predicted molar refractivity (Wildman–Crippen MR) is 102 cm³/mol. The summed E-state index contributed by atoms with van der Waals surface area (Å²) in [6, 6.07) is 9.17. The molecule has 1 amide bonds. The number of esters is 1. The SMILES string of the molecule is O=C(COC(=O)CCNS(=O)(=O)c1ccc(Cl)cc1)Nc1ccc(Cl)cc1F. The Morgan fingerprint density at radius 3 is 2.32 bits per heavy atom. The van der Waals surface area contributed by atoms with Gasteiger partial charge in [-0.1, -0.05) is 23.2 Å². The molecule has 28 heavy (non-hydrogen) atoms. The first-order valence-electron chi connectivity index (χ1n) is 7.83. The molecule has 0 saturated heterocycles. The van der Waals surface area contributed by atoms with Gasteiger partial charge in [-0.25, -0.2) is 17.5 Å². The van der Waals surface area contributed by atoms with Gasteiger partial charge in [0.15, 0.2) is 6.61 Å². The Balaban J connectivity index is 1.75. The van der Waals surface area contributed by atoms with Crippen LogP contribution in [0.2, 0.25) is 10.0 Å². The number of carbonyl (C=O) groups is 2. The second kappa shape index (κ2) is 9.83. The maximum atomic E-state index is 13.6. The van der Waals surface area contributed by atoms with E-state index in [2.05, 4.69) is 10.0 Å². The van der Waals surface area contributed by atoms with E-state index in [1.54, 1.807) is 0 Å². The molecule has 0 aliphatic carbocycles. The summed E-state index contributed by atoms with van der Waals surface area (Å²) in [5.74, 6) is -2.29. The molecular formula is C17H15Cl2FN2O5S. The fourth-order valence-corrected chi connectivity index (χ4v) is 3.30. The molecule has 0 aromatic heterocycles. The minimum absolute atomic E-state index is 0.00497. The van der Waals surface area contributed by atoms with Gasteiger partial charge in [-0.3, -0.25) is 9.59 Å². The molecule has 2 N–H and O–H groups in total. The van der Waals surface area contributed by atoms with Crippen molar-refractivity contribution in [2.75, 3.05) is 18.5 Å². The van der Waals surface area contributed by atoms with Gasteiger partial charge in [-0.2, -0.15) is 0 Å². The van der Waals surface area contributed by atoms with E-state index < -0.39 is 34.3 Å². The van der Waals surface area contributed by atoms with Crippen molar-refractivity contribution in [2.45, 2.75) is 11.3 Å². The van der Waals surface area contributed by atoms with Gasteiger partial charge in [0.1, 0.15) is 5.82 Å². The number of anilines is 1. The number of halogens is 3. The van der Waals surface area contributed by atoms with Crippen molar-refractivity contribution >= 4 is 50.8 Å². The standard InChI is InChI=1S/C17H15Cl2FN2O5S/c18-11-1-4-13(5-2-11)28(25,26)21-8-7-17(24)27-10-16(23)22-15-6-3-12(19)9-14(15)20/h1-6,9,21H,7-8,10H2,(H,22,23). The molecule has 2 aromatic rings. The highest BCUT2D eigenvalue weighted by molar-refractivity contribution is 7.89. The Labute approximate surface area is 170 Å². The molecule has 7 nitrogen and oxygen atoms in total. The highest BCUT2D eigenvalue weighted by atomic mass is 35.5. The Morgan fingerprint density at radius 1 is 1.04 bits per heavy atom. The van der Waals surface area contributed by atoms with Crippen LogP contribution in [0.4, 0.5) is 10.1 Å². The van der Waals surface area contributed by atoms with Gasteiger partial charge in [0, 0.05) is 16.6 Å². The Hall–Kier alpha value is -2.20. The van der Waals surface area contributed by atoms with Crippen LogP contribution in [0, 0.1) is 5.82 Å². The Morgan fingerprint density at radius 2 is 1.68 bits per heavy atom. The topological polar surface area (TPSA) is 102 Å². The maximum Gasteiger partial charge on any atom is 0.307 e. The second-order valence-electron chi connectivity index (χ2n) is 5.43. The first kappa shape index (κ1) is 22.1. The van der Waals surface area contributed by atoms with Crippen LogP contribution in [0.3, 0.4) is 0 Å². The van der Waals surface area contributed by atoms with Crippen LogP contribution in [0.15, 0.2) is 47.4 Å². The van der Waals surface area contributed by atoms with E-state index in [-0.39, 0.29) is 28.6 Å². The molecule has 2 aromatic carbocycles. The number of ether oxygens (including phenoxy) is 1. The number of hydrogen-bond acceptors (Lipinski definition) is 5. The largest absolute Gasteiger partial charge is 0.456 e. The average molecular weight is 449 g/mol. The first-order valence-corrected chi connectivity index (χ1v) is 10.1. The molecule has 0 atom stereocenters. The van der Waals surface area contributed by atoms with E-state index >= 15 is 0 Å². The van der Waals surface area contributed by atoms with Gasteiger partial charge in [0.2, 0.25) is 10.0 Å². The van der Waals surface area contributed by atoms with Crippen LogP contribution in [-0.4, -0.2) is 33.4 Å². The zero-order valence-corrected chi connectivity index (χ0v) is 16.6. The first-order chi connectivity index (χ1) is 13.2. The number of hydrogen-bond donors (Lipinski definition) is 2. The number of amides is 1. The zero-order chi connectivity index (χ0) is 20.7. The van der Waals surface area contributed by atoms with E-state index in [1.807, 2.05) is 0 Å². The summed E-state index contributed by atoms with van der Waals surface area (Å²) in [6.45, 7) is -0.873. The Bertz CT molecular complexity index is 968. The average Bonchev–Trinajstić information content (AvgIpc) is 2.62. The van der Waals surface area contributed by atoms with Gasteiger partial charge in [-0.05, 0) is 42.5 Å². The summed E-state index contributed by atoms with van der Waals surface area (Å²) in [6.07, 6.45) is -0.296. The Kier molecular flexibility index (Phi) is 7.76. The van der Waals surface area contributed by atoms with Gasteiger partial charge >= 0.3 is 5.97 Å². The summed E-state index contributed by atoms with van der Waals surface area (Å²) in [5.41, 5.74) is -0.110. The van der Waals surface area contributed by atoms with E-state index in [0.29, 0.717) is 5.02 Å². The molecule has 11 heteroatoms. The lowest BCUT2D eigenvalue weighted by Gasteiger charge is -2.09. The van der Waals surface area contributed by atoms with Crippen LogP contribution in [-0.2, 0) is 24.3 Å². The van der Waals surface area contributed by atoms with Crippen molar-refractivity contribution in [1.82, 2.24) is 4.72 Å². The van der Waals surface area contributed by atoms with Crippen molar-refractivity contribution < 1.29 is 27.1 Å². The summed E-state index contributed by atoms with van der Waals surface area (Å²) < 4.78 is 44.6. The number of nitrogens with one attached hydrogen (secondary N) is 2. The molecule has 0 aliphatic heterocycles. The molecule has 150 valence electrons. The van der Waals surface area contributed by atoms with E-state index in [0.717, 1.165) is 6.07 Å². The van der Waals surface area contributed by atoms with Crippen LogP contribution in [0.1, 0.15) is 6.42 Å². The highest BCUT2D eigenvalue weighted by Gasteiger charge is 2.15. The third kappa shape index (κ3) is 6.75. The van der Waals surface area contributed by atoms with Crippen molar-refractivity contribution in [3.63, 3.8) is 0 Å². The van der Waals surface area contributed by atoms with Crippen molar-refractivity contribution in [3.8, 4) is 0 Å². The number of rotatable bonds is 8. The molecule has 0 fully saturated rings. The molecule has 0 heterocycles. The predicted octanol–water partition coefficient (Wildman–Crippen LogP) is 2.98. The lowest BCUT2D eigenvalue weighted by molar-refractivity contribution is -0.147. The van der Waals surface area contributed by atoms with Crippen LogP contribution in [0.25, 0.3) is 0 Å².